The minimum Gasteiger partial charge on any atom is 0 e. The van der Waals surface area contributed by atoms with Crippen LogP contribution >= 0.6 is 51.1 Å². The van der Waals surface area contributed by atoms with Gasteiger partial charge in [0.2, 0.25) is 0 Å². The van der Waals surface area contributed by atoms with E-state index in [1.807, 2.05) is 97.1 Å². The van der Waals surface area contributed by atoms with Gasteiger partial charge in [-0.15, -0.1) is 35.6 Å². The number of aromatic hydroxyl groups is 4. The summed E-state index contributed by atoms with van der Waals surface area (Å²) < 4.78 is 10.5. The van der Waals surface area contributed by atoms with Gasteiger partial charge in [0.25, 0.3) is 11.5 Å². The topological polar surface area (TPSA) is 108 Å². The summed E-state index contributed by atoms with van der Waals surface area (Å²) in [4.78, 5) is 0. The summed E-state index contributed by atoms with van der Waals surface area (Å²) in [6, 6.07) is 53.4. The predicted octanol–water partition coefficient (Wildman–Crippen LogP) is 43.3. The van der Waals surface area contributed by atoms with Crippen LogP contribution in [-0.4, -0.2) is 59.1 Å². The molecule has 0 spiro atoms. The van der Waals surface area contributed by atoms with E-state index in [9.17, 15) is 10.2 Å². The predicted molar refractivity (Wildman–Crippen MR) is 650 cm³/mol. The molecule has 0 aliphatic heterocycles. The molecular weight excluding hydrogens is 2270 g/mol. The monoisotopic (exact) mass is 2450 g/mol. The summed E-state index contributed by atoms with van der Waals surface area (Å²) in [6.07, 6.45) is 32.9. The number of benzene rings is 10. The van der Waals surface area contributed by atoms with Crippen LogP contribution < -0.4 is 0 Å². The van der Waals surface area contributed by atoms with Crippen LogP contribution in [0.3, 0.4) is 0 Å². The zero-order valence-electron chi connectivity index (χ0n) is 98.2. The minimum atomic E-state index is -0.826. The van der Waals surface area contributed by atoms with E-state index in [0.717, 1.165) is 179 Å². The normalized spacial score (nSPS) is 15.2. The summed E-state index contributed by atoms with van der Waals surface area (Å²) >= 11 is -2.48. The van der Waals surface area contributed by atoms with E-state index in [0.29, 0.717) is 13.2 Å². The second-order valence-electron chi connectivity index (χ2n) is 44.2. The Labute approximate surface area is 987 Å². The quantitative estimate of drug-likeness (QED) is 0.0320. The van der Waals surface area contributed by atoms with Crippen LogP contribution in [0.5, 0.6) is 23.0 Å². The third-order valence-electron chi connectivity index (χ3n) is 30.2. The Morgan fingerprint density at radius 2 is 0.698 bits per heavy atom. The number of phenols is 2. The molecule has 0 amide bonds. The van der Waals surface area contributed by atoms with Gasteiger partial charge < -0.3 is 63.3 Å². The largest absolute Gasteiger partial charge is 0 e. The van der Waals surface area contributed by atoms with Gasteiger partial charge in [0.05, 0.1) is 11.1 Å². The fraction of sp³-hybridized carbons (Fsp3) is 0.500. The van der Waals surface area contributed by atoms with Crippen LogP contribution in [0.2, 0.25) is 0 Å². The summed E-state index contributed by atoms with van der Waals surface area (Å²) in [6.45, 7) is 80.0. The number of rotatable bonds is 26. The molecule has 0 aromatic heterocycles. The second-order valence-corrected chi connectivity index (χ2v) is 55.4. The van der Waals surface area contributed by atoms with Crippen molar-refractivity contribution in [2.75, 3.05) is 39.4 Å². The van der Waals surface area contributed by atoms with Gasteiger partial charge in [-0.05, 0) is 262 Å². The number of aliphatic hydroxyl groups is 2. The molecule has 0 bridgehead atoms. The summed E-state index contributed by atoms with van der Waals surface area (Å²) in [5.74, 6) is 8.93. The Hall–Kier alpha value is -4.03. The van der Waals surface area contributed by atoms with Gasteiger partial charge in [-0.1, -0.05) is 311 Å². The fourth-order valence-corrected chi connectivity index (χ4v) is 20.3. The van der Waals surface area contributed by atoms with Gasteiger partial charge in [0.15, 0.2) is 13.2 Å². The van der Waals surface area contributed by atoms with Crippen molar-refractivity contribution < 1.29 is 108 Å². The van der Waals surface area contributed by atoms with Crippen LogP contribution in [-0.2, 0) is 99.6 Å². The van der Waals surface area contributed by atoms with E-state index >= 15 is 0 Å². The van der Waals surface area contributed by atoms with Crippen molar-refractivity contribution in [2.24, 2.45) is 46.8 Å². The van der Waals surface area contributed by atoms with Crippen molar-refractivity contribution in [1.82, 2.24) is 0 Å². The molecule has 5 atom stereocenters. The Balaban J connectivity index is 0.00000101. The van der Waals surface area contributed by atoms with Gasteiger partial charge in [-0.3, -0.25) is 0 Å². The first-order valence-electron chi connectivity index (χ1n) is 54.0. The van der Waals surface area contributed by atoms with Crippen LogP contribution in [0.15, 0.2) is 158 Å². The molecule has 0 radical (unpaired) electrons. The third-order valence-corrected chi connectivity index (χ3v) is 30.2. The fourth-order valence-electron chi connectivity index (χ4n) is 20.3. The Bertz CT molecular complexity index is 5020. The number of para-hydroxylation sites is 2. The number of ether oxygens (including phenoxy) is 2. The van der Waals surface area contributed by atoms with E-state index in [1.54, 1.807) is 0 Å². The van der Waals surface area contributed by atoms with Crippen LogP contribution in [0.1, 0.15) is 337 Å². The van der Waals surface area contributed by atoms with Crippen LogP contribution in [0.25, 0.3) is 60.5 Å². The van der Waals surface area contributed by atoms with E-state index in [1.165, 1.54) is 189 Å². The molecule has 4 N–H and O–H groups in total. The molecule has 4 aliphatic carbocycles. The molecule has 10 aromatic carbocycles. The average Bonchev–Trinajstić information content (AvgIpc) is 0.863. The Morgan fingerprint density at radius 3 is 0.980 bits per heavy atom. The number of hydrogen-bond acceptors (Lipinski definition) is 2. The van der Waals surface area contributed by atoms with Crippen molar-refractivity contribution in [3.8, 4) is 67.5 Å². The summed E-state index contributed by atoms with van der Waals surface area (Å²) in [5.41, 5.74) is 33.9. The number of unbranched alkanes of at least 4 members (excludes halogenated alkanes) is 2. The molecule has 14 rings (SSSR count). The van der Waals surface area contributed by atoms with Crippen molar-refractivity contribution in [1.29, 1.82) is 0 Å². The molecule has 149 heavy (non-hydrogen) atoms. The molecule has 4 aliphatic rings. The average molecular weight is 2460 g/mol. The number of phenolic OH excluding ortho intramolecular Hbond substituents is 2. The number of hydrogen-bond donors (Lipinski definition) is 2. The van der Waals surface area contributed by atoms with Crippen LogP contribution in [0.4, 0.5) is 11.4 Å². The molecular formula is C132H192Cl6N3O4Zr4-3. The number of halogens is 6. The minimum absolute atomic E-state index is 0. The van der Waals surface area contributed by atoms with E-state index in [2.05, 4.69) is 307 Å². The summed E-state index contributed by atoms with van der Waals surface area (Å²) in [7, 11) is 29.6. The van der Waals surface area contributed by atoms with Gasteiger partial charge in [-0.2, -0.15) is 99.6 Å². The maximum absolute atomic E-state index is 12.1. The van der Waals surface area contributed by atoms with Crippen molar-refractivity contribution in [2.45, 2.75) is 347 Å². The molecule has 4 fully saturated rings. The van der Waals surface area contributed by atoms with Gasteiger partial charge in [0.1, 0.15) is 16.9 Å². The Morgan fingerprint density at radius 1 is 0.396 bits per heavy atom. The van der Waals surface area contributed by atoms with Crippen LogP contribution in [0, 0.1) is 199 Å². The van der Waals surface area contributed by atoms with E-state index < -0.39 is 62.5 Å². The van der Waals surface area contributed by atoms with Gasteiger partial charge in [-0.25, -0.2) is 0 Å². The molecule has 5 unspecified atom stereocenters. The molecule has 17 heteroatoms. The second kappa shape index (κ2) is 75.1. The zero-order valence-corrected chi connectivity index (χ0v) is 113. The standard InChI is InChI=1S/C55H64O4.C26H38N3.C9H17.C9H18.C9H17.C8H16.2C7H7.2CH3.6ClH.4Zr/c1-33-23-35(3)49(36(4)24-33)45-29-39(53(7,8)9)27-43(51(45)56)41-19-15-17-21-47(41)58-31-55(13,14)32-59-48-22-18-16-20-42(48)44-28-40(54(10,11)12)30-46(52(44)57)50-37(5)25-34(2)26-38(50)6;1-15-17(3)21(7)25(22(8)18(15)4)28-13-11-27-12-14-29-26-23(9)19(5)16(2)20(6)24(26)10;1-6-5-7(2)9(4)8(6)3;2*1-2-3-6-9-7-4-5-8-9;1-2-5-8-6-3-4-7-8;2*1-7-5-3-2-4-6-7;;;;;;;;;;;;/h15-30,56-57H,31-32H2,1-14H3;11-14H2,1-10H3;5-9H,1-4H3;9H,2-8H2,1H3;7,9H,2-6,8H2,1H3;8H,2-7H2,1H3;2*2-6H,1H2;2*1H3;6*1H;;;;/q;-3;-1;;-1;;4*-1;;;;;;;;+2;2*+4/p-4. The Kier molecular flexibility index (Phi) is 72.1. The first kappa shape index (κ1) is 143. The smallest absolute Gasteiger partial charge is 0 e. The van der Waals surface area contributed by atoms with Crippen molar-refractivity contribution in [3.63, 3.8) is 0 Å². The van der Waals surface area contributed by atoms with Gasteiger partial charge in [0, 0.05) is 60.6 Å². The molecule has 10 aromatic rings. The molecule has 820 valence electrons. The molecule has 0 saturated heterocycles. The van der Waals surface area contributed by atoms with E-state index in [4.69, 9.17) is 71.2 Å². The molecule has 7 nitrogen and oxygen atoms in total. The van der Waals surface area contributed by atoms with Gasteiger partial charge >= 0.3 is 114 Å². The third kappa shape index (κ3) is 48.8. The van der Waals surface area contributed by atoms with Crippen molar-refractivity contribution >= 4 is 62.5 Å². The van der Waals surface area contributed by atoms with E-state index in [-0.39, 0.29) is 68.8 Å². The number of nitrogens with zero attached hydrogens (tertiary/aromatic N) is 3. The summed E-state index contributed by atoms with van der Waals surface area (Å²) in [5, 5.41) is 38.6. The SMILES string of the molecule is CC1[CH-]C(C)C(C)C1C.CCCC1CCCC1.CCCCC1CCCC1.CCCCC1[CH-]CCC1.Cc1c(C)c(C)c([N-]CC[N-]CC[N-]c2c(C)c(C)c(C)c(C)c2C)c(C)c1C.Cc1cc(C)c(-c2cc(C(C)(C)C)cc(-c3ccccc3[OH+]CC(C)(C)C[OH+]c3ccccc3-c3cc(C(C)(C)C)cc(-c4c(C)cc(C)cc4C)c3O)c2O)c(C)c1.[CH2-]c1ccccc1.[CH2-]c1ccccc1.[CH3-].[CH3-].[Cl][Zr+2][Cl].[Cl][Zr+2][Cl].[Cl][Zr][Cl].[Zr]. The maximum Gasteiger partial charge on any atom is 0 e. The zero-order chi connectivity index (χ0) is 109. The first-order chi connectivity index (χ1) is 69.1. The maximum atomic E-state index is 12.1. The number of aryl methyl sites for hydroxylation is 6. The van der Waals surface area contributed by atoms with Crippen molar-refractivity contribution in [3.05, 3.63) is 326 Å². The first-order valence-corrected chi connectivity index (χ1v) is 73.0. The molecule has 0 heterocycles. The molecule has 4 saturated carbocycles.